The zero-order valence-corrected chi connectivity index (χ0v) is 12.9. The molecule has 0 saturated carbocycles. The third-order valence-corrected chi connectivity index (χ3v) is 3.77. The van der Waals surface area contributed by atoms with E-state index in [1.165, 1.54) is 0 Å². The summed E-state index contributed by atoms with van der Waals surface area (Å²) >= 11 is 0. The van der Waals surface area contributed by atoms with Gasteiger partial charge in [0.15, 0.2) is 5.43 Å². The molecular weight excluding hydrogens is 290 g/mol. The van der Waals surface area contributed by atoms with E-state index < -0.39 is 0 Å². The van der Waals surface area contributed by atoms with Gasteiger partial charge in [-0.15, -0.1) is 12.4 Å². The average molecular weight is 310 g/mol. The number of hydrogen-bond acceptors (Lipinski definition) is 4. The molecule has 3 rings (SSSR count). The summed E-state index contributed by atoms with van der Waals surface area (Å²) in [5.74, 6) is 1.87. The number of benzene rings is 1. The minimum atomic E-state index is 0. The van der Waals surface area contributed by atoms with Gasteiger partial charge in [-0.25, -0.2) is 0 Å². The van der Waals surface area contributed by atoms with Gasteiger partial charge in [0.25, 0.3) is 0 Å². The van der Waals surface area contributed by atoms with Gasteiger partial charge in [-0.05, 0) is 51.1 Å². The smallest absolute Gasteiger partial charge is 0.193 e. The van der Waals surface area contributed by atoms with Crippen molar-refractivity contribution in [1.29, 1.82) is 0 Å². The van der Waals surface area contributed by atoms with Crippen molar-refractivity contribution < 1.29 is 9.15 Å². The molecule has 0 bridgehead atoms. The Kier molecular flexibility index (Phi) is 5.26. The van der Waals surface area contributed by atoms with Gasteiger partial charge in [-0.1, -0.05) is 0 Å². The summed E-state index contributed by atoms with van der Waals surface area (Å²) in [6.07, 6.45) is 2.04. The maximum Gasteiger partial charge on any atom is 0.193 e. The van der Waals surface area contributed by atoms with Crippen molar-refractivity contribution >= 4 is 23.4 Å². The minimum Gasteiger partial charge on any atom is -0.494 e. The standard InChI is InChI=1S/C16H19NO3.ClH/c1-2-19-12-3-4-15-13(9-12)14(18)10-16(20-15)11-5-7-17-8-6-11;/h3-4,9-11,17H,2,5-8H2,1H3;1H. The van der Waals surface area contributed by atoms with Crippen LogP contribution in [0.4, 0.5) is 0 Å². The Hall–Kier alpha value is -1.52. The number of fused-ring (bicyclic) bond motifs is 1. The average Bonchev–Trinajstić information content (AvgIpc) is 2.49. The van der Waals surface area contributed by atoms with Crippen molar-refractivity contribution in [2.75, 3.05) is 19.7 Å². The molecule has 2 aromatic rings. The largest absolute Gasteiger partial charge is 0.494 e. The molecule has 114 valence electrons. The van der Waals surface area contributed by atoms with E-state index in [1.54, 1.807) is 12.1 Å². The zero-order chi connectivity index (χ0) is 13.9. The number of ether oxygens (including phenoxy) is 1. The van der Waals surface area contributed by atoms with Gasteiger partial charge in [0.1, 0.15) is 17.1 Å². The molecule has 1 aliphatic rings. The fraction of sp³-hybridized carbons (Fsp3) is 0.438. The maximum absolute atomic E-state index is 12.3. The van der Waals surface area contributed by atoms with Gasteiger partial charge in [-0.2, -0.15) is 0 Å². The van der Waals surface area contributed by atoms with Crippen LogP contribution in [-0.2, 0) is 0 Å². The number of rotatable bonds is 3. The molecule has 0 unspecified atom stereocenters. The van der Waals surface area contributed by atoms with E-state index in [4.69, 9.17) is 9.15 Å². The second-order valence-corrected chi connectivity index (χ2v) is 5.13. The van der Waals surface area contributed by atoms with Crippen molar-refractivity contribution in [3.05, 3.63) is 40.2 Å². The predicted octanol–water partition coefficient (Wildman–Crippen LogP) is 3.08. The van der Waals surface area contributed by atoms with E-state index in [2.05, 4.69) is 5.32 Å². The Balaban J connectivity index is 0.00000161. The summed E-state index contributed by atoms with van der Waals surface area (Å²) in [6.45, 7) is 4.47. The molecule has 1 aliphatic heterocycles. The third kappa shape index (κ3) is 3.39. The Morgan fingerprint density at radius 3 is 2.76 bits per heavy atom. The SMILES string of the molecule is CCOc1ccc2oc(C3CCNCC3)cc(=O)c2c1.Cl. The second kappa shape index (κ2) is 6.96. The molecule has 5 heteroatoms. The van der Waals surface area contributed by atoms with E-state index in [1.807, 2.05) is 19.1 Å². The number of hydrogen-bond donors (Lipinski definition) is 1. The van der Waals surface area contributed by atoms with Crippen molar-refractivity contribution in [3.63, 3.8) is 0 Å². The minimum absolute atomic E-state index is 0. The van der Waals surface area contributed by atoms with Crippen LogP contribution in [0, 0.1) is 0 Å². The molecule has 4 nitrogen and oxygen atoms in total. The molecule has 21 heavy (non-hydrogen) atoms. The second-order valence-electron chi connectivity index (χ2n) is 5.13. The first kappa shape index (κ1) is 15.9. The zero-order valence-electron chi connectivity index (χ0n) is 12.1. The Bertz CT molecular complexity index is 662. The molecule has 1 fully saturated rings. The summed E-state index contributed by atoms with van der Waals surface area (Å²) in [5, 5.41) is 3.91. The maximum atomic E-state index is 12.3. The Morgan fingerprint density at radius 2 is 2.05 bits per heavy atom. The van der Waals surface area contributed by atoms with Crippen LogP contribution in [-0.4, -0.2) is 19.7 Å². The van der Waals surface area contributed by atoms with Crippen LogP contribution in [0.15, 0.2) is 33.5 Å². The highest BCUT2D eigenvalue weighted by Gasteiger charge is 2.19. The molecular formula is C16H20ClNO3. The molecule has 0 amide bonds. The van der Waals surface area contributed by atoms with Gasteiger partial charge < -0.3 is 14.5 Å². The predicted molar refractivity (Wildman–Crippen MR) is 85.7 cm³/mol. The summed E-state index contributed by atoms with van der Waals surface area (Å²) in [7, 11) is 0. The quantitative estimate of drug-likeness (QED) is 0.946. The molecule has 1 N–H and O–H groups in total. The molecule has 0 spiro atoms. The van der Waals surface area contributed by atoms with Crippen molar-refractivity contribution in [1.82, 2.24) is 5.32 Å². The first-order chi connectivity index (χ1) is 9.78. The third-order valence-electron chi connectivity index (χ3n) is 3.77. The van der Waals surface area contributed by atoms with Crippen LogP contribution >= 0.6 is 12.4 Å². The molecule has 2 heterocycles. The Labute approximate surface area is 129 Å². The van der Waals surface area contributed by atoms with Gasteiger partial charge in [0.2, 0.25) is 0 Å². The fourth-order valence-electron chi connectivity index (χ4n) is 2.72. The van der Waals surface area contributed by atoms with Crippen molar-refractivity contribution in [3.8, 4) is 5.75 Å². The lowest BCUT2D eigenvalue weighted by Crippen LogP contribution is -2.27. The first-order valence-corrected chi connectivity index (χ1v) is 7.19. The molecule has 1 saturated heterocycles. The lowest BCUT2D eigenvalue weighted by Gasteiger charge is -2.21. The van der Waals surface area contributed by atoms with Crippen LogP contribution < -0.4 is 15.5 Å². The normalized spacial score (nSPS) is 15.7. The van der Waals surface area contributed by atoms with Gasteiger partial charge in [-0.3, -0.25) is 4.79 Å². The van der Waals surface area contributed by atoms with Gasteiger partial charge in [0.05, 0.1) is 12.0 Å². The van der Waals surface area contributed by atoms with Crippen LogP contribution in [0.25, 0.3) is 11.0 Å². The van der Waals surface area contributed by atoms with Gasteiger partial charge in [0, 0.05) is 12.0 Å². The summed E-state index contributed by atoms with van der Waals surface area (Å²) in [6, 6.07) is 7.08. The van der Waals surface area contributed by atoms with E-state index >= 15 is 0 Å². The lowest BCUT2D eigenvalue weighted by molar-refractivity contribution is 0.340. The van der Waals surface area contributed by atoms with Crippen LogP contribution in [0.5, 0.6) is 5.75 Å². The van der Waals surface area contributed by atoms with Crippen LogP contribution in [0.3, 0.4) is 0 Å². The fourth-order valence-corrected chi connectivity index (χ4v) is 2.72. The molecule has 1 aromatic carbocycles. The molecule has 0 aliphatic carbocycles. The van der Waals surface area contributed by atoms with E-state index in [0.717, 1.165) is 31.7 Å². The molecule has 0 atom stereocenters. The first-order valence-electron chi connectivity index (χ1n) is 7.19. The van der Waals surface area contributed by atoms with Crippen LogP contribution in [0.1, 0.15) is 31.4 Å². The van der Waals surface area contributed by atoms with E-state index in [-0.39, 0.29) is 17.8 Å². The number of piperidine rings is 1. The molecule has 0 radical (unpaired) electrons. The number of nitrogens with one attached hydrogen (secondary N) is 1. The molecule has 1 aromatic heterocycles. The summed E-state index contributed by atoms with van der Waals surface area (Å²) in [5.41, 5.74) is 0.663. The van der Waals surface area contributed by atoms with Crippen molar-refractivity contribution in [2.24, 2.45) is 0 Å². The van der Waals surface area contributed by atoms with Crippen molar-refractivity contribution in [2.45, 2.75) is 25.7 Å². The highest BCUT2D eigenvalue weighted by atomic mass is 35.5. The monoisotopic (exact) mass is 309 g/mol. The summed E-state index contributed by atoms with van der Waals surface area (Å²) in [4.78, 5) is 12.3. The highest BCUT2D eigenvalue weighted by Crippen LogP contribution is 2.27. The number of halogens is 1. The lowest BCUT2D eigenvalue weighted by atomic mass is 9.95. The highest BCUT2D eigenvalue weighted by molar-refractivity contribution is 5.85. The van der Waals surface area contributed by atoms with Crippen LogP contribution in [0.2, 0.25) is 0 Å². The van der Waals surface area contributed by atoms with Gasteiger partial charge >= 0.3 is 0 Å². The summed E-state index contributed by atoms with van der Waals surface area (Å²) < 4.78 is 11.4. The van der Waals surface area contributed by atoms with E-state index in [9.17, 15) is 4.79 Å². The topological polar surface area (TPSA) is 51.5 Å². The van der Waals surface area contributed by atoms with E-state index in [0.29, 0.717) is 29.2 Å². The Morgan fingerprint density at radius 1 is 1.29 bits per heavy atom.